The molecule has 0 aliphatic heterocycles. The third-order valence-corrected chi connectivity index (χ3v) is 19.6. The van der Waals surface area contributed by atoms with Crippen LogP contribution in [0.15, 0.2) is 90.5 Å². The van der Waals surface area contributed by atoms with Crippen molar-refractivity contribution in [3.63, 3.8) is 0 Å². The summed E-state index contributed by atoms with van der Waals surface area (Å²) in [5.41, 5.74) is 7.33. The Bertz CT molecular complexity index is 3960. The first-order valence-corrected chi connectivity index (χ1v) is 42.6. The third kappa shape index (κ3) is 27.4. The first kappa shape index (κ1) is 86.5. The maximum Gasteiger partial charge on any atom is 0.252 e. The fraction of sp³-hybridized carbons (Fsp3) is 0.543. The minimum atomic E-state index is 0.258. The molecule has 20 nitrogen and oxygen atoms in total. The summed E-state index contributed by atoms with van der Waals surface area (Å²) in [5.74, 6) is 7.44. The number of rotatable bonds is 58. The lowest BCUT2D eigenvalue weighted by Gasteiger charge is -2.16. The van der Waals surface area contributed by atoms with E-state index >= 15 is 0 Å². The molecule has 0 saturated carbocycles. The van der Waals surface area contributed by atoms with Crippen LogP contribution in [0.5, 0.6) is 46.0 Å². The van der Waals surface area contributed by atoms with Gasteiger partial charge >= 0.3 is 0 Å². The van der Waals surface area contributed by atoms with Crippen molar-refractivity contribution in [1.82, 2.24) is 40.8 Å². The molecule has 0 unspecified atom stereocenters. The molecule has 0 aliphatic carbocycles. The molecule has 606 valence electrons. The SMILES string of the molecule is CCCCCCOc1cc(-c2nnc(-c3cc(-c4nnc(C)o4)c(OCCCCCC)cc3OCCCCCC)o2)c(OCCCCCC)cc1/C=C/c1ccc(/C=C/c2cc(OCCCCCC)c(-c3nnc(-c4cc(-c5nnc(C)o5)c(OCCCCCC)cc4OCCCCCC)o3)cc2OCCCCCC)cc1. The van der Waals surface area contributed by atoms with Gasteiger partial charge in [-0.1, -0.05) is 258 Å². The number of aryl methyl sites for hydroxylation is 2. The molecule has 4 heterocycles. The molecule has 0 amide bonds. The summed E-state index contributed by atoms with van der Waals surface area (Å²) in [7, 11) is 0. The molecule has 0 fully saturated rings. The highest BCUT2D eigenvalue weighted by Gasteiger charge is 2.28. The van der Waals surface area contributed by atoms with Crippen LogP contribution in [-0.4, -0.2) is 93.6 Å². The van der Waals surface area contributed by atoms with E-state index in [2.05, 4.69) is 124 Å². The lowest BCUT2D eigenvalue weighted by atomic mass is 10.0. The Morgan fingerprint density at radius 2 is 0.438 bits per heavy atom. The largest absolute Gasteiger partial charge is 0.493 e. The van der Waals surface area contributed by atoms with Crippen molar-refractivity contribution in [2.24, 2.45) is 0 Å². The Morgan fingerprint density at radius 1 is 0.223 bits per heavy atom. The van der Waals surface area contributed by atoms with Crippen LogP contribution >= 0.6 is 0 Å². The predicted molar refractivity (Wildman–Crippen MR) is 448 cm³/mol. The van der Waals surface area contributed by atoms with Crippen molar-refractivity contribution in [3.8, 4) is 115 Å². The van der Waals surface area contributed by atoms with E-state index in [0.29, 0.717) is 156 Å². The third-order valence-electron chi connectivity index (χ3n) is 19.6. The van der Waals surface area contributed by atoms with Crippen LogP contribution in [0, 0.1) is 13.8 Å². The zero-order valence-electron chi connectivity index (χ0n) is 69.0. The molecular weight excluding hydrogens is 1410 g/mol. The molecule has 20 heteroatoms. The summed E-state index contributed by atoms with van der Waals surface area (Å²) in [6.45, 7) is 25.3. The summed E-state index contributed by atoms with van der Waals surface area (Å²) in [6.07, 6.45) is 42.0. The van der Waals surface area contributed by atoms with Crippen LogP contribution in [0.1, 0.15) is 295 Å². The second-order valence-electron chi connectivity index (χ2n) is 29.1. The molecule has 4 aromatic heterocycles. The maximum atomic E-state index is 6.79. The van der Waals surface area contributed by atoms with E-state index in [1.807, 2.05) is 48.5 Å². The number of unbranched alkanes of at least 4 members (excludes halogenated alkanes) is 24. The summed E-state index contributed by atoms with van der Waals surface area (Å²) >= 11 is 0. The molecule has 0 aliphatic rings. The molecule has 0 saturated heterocycles. The van der Waals surface area contributed by atoms with Gasteiger partial charge in [-0.2, -0.15) is 0 Å². The maximum absolute atomic E-state index is 6.79. The summed E-state index contributed by atoms with van der Waals surface area (Å²) < 4.78 is 78.9. The van der Waals surface area contributed by atoms with E-state index in [1.54, 1.807) is 13.8 Å². The summed E-state index contributed by atoms with van der Waals surface area (Å²) in [4.78, 5) is 0. The van der Waals surface area contributed by atoms with Gasteiger partial charge in [0.25, 0.3) is 35.3 Å². The summed E-state index contributed by atoms with van der Waals surface area (Å²) in [6, 6.07) is 24.2. The predicted octanol–water partition coefficient (Wildman–Crippen LogP) is 25.9. The number of hydrogen-bond donors (Lipinski definition) is 0. The van der Waals surface area contributed by atoms with Crippen LogP contribution in [0.2, 0.25) is 0 Å². The van der Waals surface area contributed by atoms with Gasteiger partial charge in [-0.3, -0.25) is 0 Å². The minimum Gasteiger partial charge on any atom is -0.493 e. The van der Waals surface area contributed by atoms with Crippen molar-refractivity contribution in [3.05, 3.63) is 107 Å². The zero-order valence-corrected chi connectivity index (χ0v) is 69.0. The molecule has 0 atom stereocenters. The normalized spacial score (nSPS) is 11.6. The number of benzene rings is 5. The Balaban J connectivity index is 1.05. The molecule has 112 heavy (non-hydrogen) atoms. The molecule has 0 radical (unpaired) electrons. The van der Waals surface area contributed by atoms with Gasteiger partial charge < -0.3 is 55.6 Å². The van der Waals surface area contributed by atoms with Crippen LogP contribution in [-0.2, 0) is 0 Å². The fourth-order valence-corrected chi connectivity index (χ4v) is 13.0. The molecule has 9 rings (SSSR count). The second-order valence-corrected chi connectivity index (χ2v) is 29.1. The Hall–Kier alpha value is -9.46. The second kappa shape index (κ2) is 49.1. The number of nitrogens with zero attached hydrogens (tertiary/aromatic N) is 8. The molecule has 9 aromatic rings. The zero-order chi connectivity index (χ0) is 78.8. The van der Waals surface area contributed by atoms with Crippen molar-refractivity contribution < 1.29 is 55.6 Å². The lowest BCUT2D eigenvalue weighted by Crippen LogP contribution is -2.03. The van der Waals surface area contributed by atoms with Crippen molar-refractivity contribution in [2.45, 2.75) is 275 Å². The van der Waals surface area contributed by atoms with Crippen molar-refractivity contribution in [1.29, 1.82) is 0 Å². The Kier molecular flexibility index (Phi) is 38.0. The van der Waals surface area contributed by atoms with Gasteiger partial charge in [-0.25, -0.2) is 0 Å². The molecular formula is C92H126N8O12. The van der Waals surface area contributed by atoms with Crippen LogP contribution in [0.4, 0.5) is 0 Å². The lowest BCUT2D eigenvalue weighted by molar-refractivity contribution is 0.290. The minimum absolute atomic E-state index is 0.258. The van der Waals surface area contributed by atoms with Gasteiger partial charge in [-0.15, -0.1) is 40.8 Å². The van der Waals surface area contributed by atoms with Crippen LogP contribution < -0.4 is 37.9 Å². The van der Waals surface area contributed by atoms with E-state index in [0.717, 1.165) is 228 Å². The average Bonchev–Trinajstić information content (AvgIpc) is 1.58. The molecule has 0 spiro atoms. The topological polar surface area (TPSA) is 230 Å². The fourth-order valence-electron chi connectivity index (χ4n) is 13.0. The first-order chi connectivity index (χ1) is 55.1. The number of hydrogen-bond acceptors (Lipinski definition) is 20. The number of ether oxygens (including phenoxy) is 8. The van der Waals surface area contributed by atoms with Crippen LogP contribution in [0.3, 0.4) is 0 Å². The van der Waals surface area contributed by atoms with Gasteiger partial charge in [0.2, 0.25) is 11.8 Å². The molecule has 0 bridgehead atoms. The monoisotopic (exact) mass is 1530 g/mol. The average molecular weight is 1540 g/mol. The number of aromatic nitrogens is 8. The van der Waals surface area contributed by atoms with Gasteiger partial charge in [-0.05, 0) is 98.9 Å². The van der Waals surface area contributed by atoms with Gasteiger partial charge in [0, 0.05) is 37.1 Å². The van der Waals surface area contributed by atoms with E-state index in [4.69, 9.17) is 76.0 Å². The standard InChI is InChI=1S/C92H126N8O12/c1-11-19-27-35-51-101-79-63-77(91-99-97-89(111-91)75-61-73(87-95-93-67(9)109-87)83(105-55-39-31-23-15-5)65-85(75)107-57-41-33-25-17-7)81(103-53-37-29-21-13-3)59-71(79)49-47-69-43-45-70(46-44-69)48-50-72-60-82(104-54-38-30-22-14-4)78(64-80(72)102-52-36-28-20-12-2)92-100-98-90(112-92)76-62-74(88-96-94-68(10)110-88)84(106-56-40-32-24-16-6)66-86(76)108-58-42-34-26-18-8/h43-50,59-66H,11-42,51-58H2,1-10H3/b49-47+,50-48+. The van der Waals surface area contributed by atoms with Crippen molar-refractivity contribution in [2.75, 3.05) is 52.9 Å². The highest BCUT2D eigenvalue weighted by atomic mass is 16.5. The van der Waals surface area contributed by atoms with E-state index in [-0.39, 0.29) is 23.6 Å². The molecule has 0 N–H and O–H groups in total. The molecule has 5 aromatic carbocycles. The van der Waals surface area contributed by atoms with Crippen molar-refractivity contribution >= 4 is 24.3 Å². The Morgan fingerprint density at radius 3 is 0.670 bits per heavy atom. The van der Waals surface area contributed by atoms with E-state index in [9.17, 15) is 0 Å². The Labute approximate surface area is 666 Å². The van der Waals surface area contributed by atoms with Gasteiger partial charge in [0.1, 0.15) is 46.0 Å². The van der Waals surface area contributed by atoms with Crippen LogP contribution in [0.25, 0.3) is 93.0 Å². The highest BCUT2D eigenvalue weighted by Crippen LogP contribution is 2.46. The van der Waals surface area contributed by atoms with E-state index in [1.165, 1.54) is 0 Å². The van der Waals surface area contributed by atoms with Gasteiger partial charge in [0.15, 0.2) is 0 Å². The summed E-state index contributed by atoms with van der Waals surface area (Å²) in [5, 5.41) is 36.2. The quantitative estimate of drug-likeness (QED) is 0.0255. The first-order valence-electron chi connectivity index (χ1n) is 42.6. The smallest absolute Gasteiger partial charge is 0.252 e. The van der Waals surface area contributed by atoms with E-state index < -0.39 is 0 Å². The highest BCUT2D eigenvalue weighted by molar-refractivity contribution is 5.82. The van der Waals surface area contributed by atoms with Gasteiger partial charge in [0.05, 0.1) is 86.2 Å².